The average molecular weight is 264 g/mol. The molecule has 0 radical (unpaired) electrons. The Morgan fingerprint density at radius 3 is 2.47 bits per heavy atom. The molecule has 17 heavy (non-hydrogen) atoms. The fraction of sp³-hybridized carbons (Fsp3) is 0.143. The molecule has 0 amide bonds. The molecule has 1 heterocycles. The van der Waals surface area contributed by atoms with Crippen molar-refractivity contribution in [3.8, 4) is 0 Å². The van der Waals surface area contributed by atoms with Crippen LogP contribution in [0.25, 0.3) is 0 Å². The van der Waals surface area contributed by atoms with Gasteiger partial charge in [-0.2, -0.15) is 0 Å². The van der Waals surface area contributed by atoms with Gasteiger partial charge in [-0.1, -0.05) is 47.5 Å². The van der Waals surface area contributed by atoms with Gasteiger partial charge in [0.25, 0.3) is 0 Å². The van der Waals surface area contributed by atoms with E-state index in [1.165, 1.54) is 5.56 Å². The van der Waals surface area contributed by atoms with Crippen molar-refractivity contribution in [2.24, 2.45) is 0 Å². The summed E-state index contributed by atoms with van der Waals surface area (Å²) in [7, 11) is 0. The van der Waals surface area contributed by atoms with E-state index in [9.17, 15) is 0 Å². The van der Waals surface area contributed by atoms with E-state index in [-0.39, 0.29) is 6.04 Å². The van der Waals surface area contributed by atoms with Crippen LogP contribution >= 0.6 is 23.2 Å². The number of hydrogen-bond acceptors (Lipinski definition) is 1. The molecule has 2 aromatic rings. The van der Waals surface area contributed by atoms with E-state index in [0.29, 0.717) is 0 Å². The number of benzene rings is 2. The van der Waals surface area contributed by atoms with Gasteiger partial charge in [0.2, 0.25) is 0 Å². The minimum atomic E-state index is 0.221. The van der Waals surface area contributed by atoms with Crippen LogP contribution in [0.4, 0.5) is 5.69 Å². The molecule has 0 aromatic heterocycles. The predicted octanol–water partition coefficient (Wildman–Crippen LogP) is 4.70. The summed E-state index contributed by atoms with van der Waals surface area (Å²) in [6, 6.07) is 14.1. The molecule has 1 aliphatic rings. The second kappa shape index (κ2) is 4.25. The summed E-state index contributed by atoms with van der Waals surface area (Å²) in [6.07, 6.45) is 0.888. The van der Waals surface area contributed by atoms with Crippen LogP contribution in [0.1, 0.15) is 17.2 Å². The minimum Gasteiger partial charge on any atom is -0.378 e. The third kappa shape index (κ3) is 1.90. The molecule has 0 saturated heterocycles. The Balaban J connectivity index is 1.97. The van der Waals surface area contributed by atoms with E-state index in [0.717, 1.165) is 27.7 Å². The van der Waals surface area contributed by atoms with Crippen molar-refractivity contribution < 1.29 is 0 Å². The zero-order valence-electron chi connectivity index (χ0n) is 9.08. The minimum absolute atomic E-state index is 0.221. The summed E-state index contributed by atoms with van der Waals surface area (Å²) < 4.78 is 0. The van der Waals surface area contributed by atoms with E-state index < -0.39 is 0 Å². The van der Waals surface area contributed by atoms with Gasteiger partial charge in [0.1, 0.15) is 0 Å². The zero-order valence-corrected chi connectivity index (χ0v) is 10.6. The van der Waals surface area contributed by atoms with Crippen molar-refractivity contribution >= 4 is 28.9 Å². The number of hydrogen-bond donors (Lipinski definition) is 1. The van der Waals surface area contributed by atoms with Crippen LogP contribution in [0.3, 0.4) is 0 Å². The number of anilines is 1. The molecule has 3 rings (SSSR count). The number of fused-ring (bicyclic) bond motifs is 1. The Labute approximate surface area is 110 Å². The van der Waals surface area contributed by atoms with Crippen LogP contribution in [-0.2, 0) is 6.42 Å². The molecule has 0 saturated carbocycles. The van der Waals surface area contributed by atoms with E-state index in [2.05, 4.69) is 17.4 Å². The molecule has 1 nitrogen and oxygen atoms in total. The van der Waals surface area contributed by atoms with E-state index in [1.807, 2.05) is 30.3 Å². The molecule has 0 spiro atoms. The summed E-state index contributed by atoms with van der Waals surface area (Å²) >= 11 is 12.4. The topological polar surface area (TPSA) is 12.0 Å². The second-order valence-corrected chi connectivity index (χ2v) is 5.00. The van der Waals surface area contributed by atoms with Crippen LogP contribution in [0, 0.1) is 0 Å². The molecule has 1 atom stereocenters. The van der Waals surface area contributed by atoms with Crippen molar-refractivity contribution in [1.29, 1.82) is 0 Å². The smallest absolute Gasteiger partial charge is 0.0570 e. The van der Waals surface area contributed by atoms with E-state index in [1.54, 1.807) is 0 Å². The maximum absolute atomic E-state index is 6.21. The Hall–Kier alpha value is -1.18. The molecule has 1 N–H and O–H groups in total. The molecule has 2 aromatic carbocycles. The lowest BCUT2D eigenvalue weighted by Crippen LogP contribution is -2.05. The average Bonchev–Trinajstić information content (AvgIpc) is 2.75. The van der Waals surface area contributed by atoms with Gasteiger partial charge < -0.3 is 5.32 Å². The van der Waals surface area contributed by atoms with Gasteiger partial charge in [0, 0.05) is 22.2 Å². The van der Waals surface area contributed by atoms with Gasteiger partial charge in [0.05, 0.1) is 6.04 Å². The van der Waals surface area contributed by atoms with Crippen LogP contribution in [0.2, 0.25) is 10.0 Å². The van der Waals surface area contributed by atoms with E-state index >= 15 is 0 Å². The number of halogens is 2. The third-order valence-electron chi connectivity index (χ3n) is 3.14. The largest absolute Gasteiger partial charge is 0.378 e. The molecular formula is C14H11Cl2N. The maximum atomic E-state index is 6.21. The fourth-order valence-electron chi connectivity index (χ4n) is 2.29. The van der Waals surface area contributed by atoms with Gasteiger partial charge in [-0.15, -0.1) is 0 Å². The first kappa shape index (κ1) is 10.9. The lowest BCUT2D eigenvalue weighted by atomic mass is 10.0. The maximum Gasteiger partial charge on any atom is 0.0570 e. The second-order valence-electron chi connectivity index (χ2n) is 4.19. The molecule has 3 heteroatoms. The van der Waals surface area contributed by atoms with Gasteiger partial charge >= 0.3 is 0 Å². The number of nitrogens with one attached hydrogen (secondary N) is 1. The van der Waals surface area contributed by atoms with Crippen molar-refractivity contribution in [2.45, 2.75) is 12.5 Å². The monoisotopic (exact) mass is 263 g/mol. The highest BCUT2D eigenvalue weighted by Gasteiger charge is 2.24. The van der Waals surface area contributed by atoms with E-state index in [4.69, 9.17) is 23.2 Å². The van der Waals surface area contributed by atoms with Crippen molar-refractivity contribution in [3.63, 3.8) is 0 Å². The van der Waals surface area contributed by atoms with Crippen LogP contribution < -0.4 is 5.32 Å². The highest BCUT2D eigenvalue weighted by atomic mass is 35.5. The zero-order chi connectivity index (χ0) is 11.8. The Morgan fingerprint density at radius 1 is 0.941 bits per heavy atom. The Bertz CT molecular complexity index is 566. The standard InChI is InChI=1S/C14H11Cl2N/c15-11-5-2-1-4-9(11)14-8-10-12(16)6-3-7-13(10)17-14/h1-7,14,17H,8H2. The lowest BCUT2D eigenvalue weighted by Gasteiger charge is -2.13. The van der Waals surface area contributed by atoms with Gasteiger partial charge in [-0.25, -0.2) is 0 Å². The van der Waals surface area contributed by atoms with Crippen LogP contribution in [0.15, 0.2) is 42.5 Å². The molecule has 1 aliphatic heterocycles. The molecule has 0 fully saturated rings. The van der Waals surface area contributed by atoms with Crippen molar-refractivity contribution in [3.05, 3.63) is 63.6 Å². The SMILES string of the molecule is Clc1ccccc1C1Cc2c(Cl)cccc2N1. The molecule has 0 bridgehead atoms. The first-order chi connectivity index (χ1) is 8.25. The number of rotatable bonds is 1. The van der Waals surface area contributed by atoms with Crippen LogP contribution in [-0.4, -0.2) is 0 Å². The summed E-state index contributed by atoms with van der Waals surface area (Å²) in [4.78, 5) is 0. The van der Waals surface area contributed by atoms with Gasteiger partial charge in [0.15, 0.2) is 0 Å². The highest BCUT2D eigenvalue weighted by molar-refractivity contribution is 6.32. The van der Waals surface area contributed by atoms with Gasteiger partial charge in [-0.3, -0.25) is 0 Å². The predicted molar refractivity (Wildman–Crippen MR) is 73.0 cm³/mol. The first-order valence-corrected chi connectivity index (χ1v) is 6.29. The quantitative estimate of drug-likeness (QED) is 0.787. The summed E-state index contributed by atoms with van der Waals surface area (Å²) in [5, 5.41) is 5.09. The third-order valence-corrected chi connectivity index (χ3v) is 3.84. The summed E-state index contributed by atoms with van der Waals surface area (Å²) in [5.74, 6) is 0. The van der Waals surface area contributed by atoms with Gasteiger partial charge in [-0.05, 0) is 29.3 Å². The normalized spacial score (nSPS) is 17.6. The summed E-state index contributed by atoms with van der Waals surface area (Å²) in [6.45, 7) is 0. The van der Waals surface area contributed by atoms with Crippen molar-refractivity contribution in [2.75, 3.05) is 5.32 Å². The summed E-state index contributed by atoms with van der Waals surface area (Å²) in [5.41, 5.74) is 3.42. The molecule has 86 valence electrons. The Morgan fingerprint density at radius 2 is 1.71 bits per heavy atom. The molecular weight excluding hydrogens is 253 g/mol. The first-order valence-electron chi connectivity index (χ1n) is 5.54. The lowest BCUT2D eigenvalue weighted by molar-refractivity contribution is 0.824. The van der Waals surface area contributed by atoms with Crippen LogP contribution in [0.5, 0.6) is 0 Å². The van der Waals surface area contributed by atoms with Crippen molar-refractivity contribution in [1.82, 2.24) is 0 Å². The highest BCUT2D eigenvalue weighted by Crippen LogP contribution is 2.39. The molecule has 0 aliphatic carbocycles. The molecule has 1 unspecified atom stereocenters. The Kier molecular flexibility index (Phi) is 2.73. The fourth-order valence-corrected chi connectivity index (χ4v) is 2.81.